The first-order valence-electron chi connectivity index (χ1n) is 11.9. The van der Waals surface area contributed by atoms with Crippen LogP contribution in [0.15, 0.2) is 0 Å². The van der Waals surface area contributed by atoms with Gasteiger partial charge < -0.3 is 4.89 Å². The van der Waals surface area contributed by atoms with Crippen molar-refractivity contribution in [3.8, 4) is 0 Å². The molecule has 1 N–H and O–H groups in total. The van der Waals surface area contributed by atoms with E-state index in [0.29, 0.717) is 12.6 Å². The van der Waals surface area contributed by atoms with Crippen molar-refractivity contribution in [3.63, 3.8) is 0 Å². The van der Waals surface area contributed by atoms with Gasteiger partial charge in [-0.15, -0.1) is 0 Å². The van der Waals surface area contributed by atoms with E-state index in [4.69, 9.17) is 11.6 Å². The average Bonchev–Trinajstić information content (AvgIpc) is 2.65. The Labute approximate surface area is 179 Å². The summed E-state index contributed by atoms with van der Waals surface area (Å²) in [6.07, 6.45) is 20.6. The minimum atomic E-state index is -3.28. The van der Waals surface area contributed by atoms with Gasteiger partial charge in [-0.1, -0.05) is 110 Å². The van der Waals surface area contributed by atoms with Crippen molar-refractivity contribution in [1.29, 1.82) is 0 Å². The van der Waals surface area contributed by atoms with Crippen molar-refractivity contribution in [2.24, 2.45) is 0 Å². The third-order valence-corrected chi connectivity index (χ3v) is 8.38. The fourth-order valence-corrected chi connectivity index (χ4v) is 6.16. The molecule has 168 valence electrons. The Balaban J connectivity index is 3.66. The van der Waals surface area contributed by atoms with Gasteiger partial charge >= 0.3 is 0 Å². The van der Waals surface area contributed by atoms with Crippen LogP contribution in [0.4, 0.5) is 0 Å². The van der Waals surface area contributed by atoms with Crippen LogP contribution in [0.1, 0.15) is 129 Å². The average molecular weight is 437 g/mol. The van der Waals surface area contributed by atoms with Crippen LogP contribution in [-0.2, 0) is 9.36 Å². The van der Waals surface area contributed by atoms with E-state index in [2.05, 4.69) is 13.8 Å². The maximum atomic E-state index is 12.6. The molecule has 0 saturated carbocycles. The second-order valence-corrected chi connectivity index (χ2v) is 11.5. The third-order valence-electron chi connectivity index (χ3n) is 5.69. The van der Waals surface area contributed by atoms with Crippen LogP contribution in [0.3, 0.4) is 0 Å². The molecule has 0 amide bonds. The maximum Gasteiger partial charge on any atom is 0.222 e. The minimum Gasteiger partial charge on any atom is -0.344 e. The second kappa shape index (κ2) is 19.1. The van der Waals surface area contributed by atoms with Crippen molar-refractivity contribution in [1.82, 2.24) is 0 Å². The van der Waals surface area contributed by atoms with Gasteiger partial charge in [0.25, 0.3) is 0 Å². The maximum absolute atomic E-state index is 12.6. The van der Waals surface area contributed by atoms with Crippen LogP contribution in [0.25, 0.3) is 0 Å². The lowest BCUT2D eigenvalue weighted by atomic mass is 10.0. The lowest BCUT2D eigenvalue weighted by Gasteiger charge is -2.21. The van der Waals surface area contributed by atoms with Crippen LogP contribution in [-0.4, -0.2) is 22.0 Å². The lowest BCUT2D eigenvalue weighted by Crippen LogP contribution is -2.14. The zero-order valence-corrected chi connectivity index (χ0v) is 20.3. The molecule has 28 heavy (non-hydrogen) atoms. The highest BCUT2D eigenvalue weighted by molar-refractivity contribution is 7.58. The molecule has 0 spiro atoms. The van der Waals surface area contributed by atoms with E-state index >= 15 is 0 Å². The van der Waals surface area contributed by atoms with Crippen LogP contribution in [0.5, 0.6) is 0 Å². The second-order valence-electron chi connectivity index (χ2n) is 8.43. The third kappa shape index (κ3) is 17.0. The Hall–Kier alpha value is 0.150. The molecule has 0 saturated heterocycles. The Morgan fingerprint density at radius 1 is 0.750 bits per heavy atom. The minimum absolute atomic E-state index is 0.0357. The van der Waals surface area contributed by atoms with E-state index < -0.39 is 18.3 Å². The van der Waals surface area contributed by atoms with E-state index in [1.165, 1.54) is 70.6 Å². The molecule has 0 aliphatic heterocycles. The summed E-state index contributed by atoms with van der Waals surface area (Å²) in [5.74, 6) is 0. The fraction of sp³-hybridized carbons (Fsp3) is 0.957. The van der Waals surface area contributed by atoms with Crippen LogP contribution < -0.4 is 0 Å². The van der Waals surface area contributed by atoms with Gasteiger partial charge in [-0.05, 0) is 24.4 Å². The number of carbonyl (C=O) groups excluding carboxylic acids is 1. The van der Waals surface area contributed by atoms with E-state index in [-0.39, 0.29) is 6.42 Å². The molecule has 2 atom stereocenters. The van der Waals surface area contributed by atoms with Crippen molar-refractivity contribution in [2.45, 2.75) is 135 Å². The van der Waals surface area contributed by atoms with Crippen LogP contribution >= 0.6 is 19.0 Å². The van der Waals surface area contributed by atoms with Crippen LogP contribution in [0.2, 0.25) is 0 Å². The topological polar surface area (TPSA) is 54.4 Å². The summed E-state index contributed by atoms with van der Waals surface area (Å²) in [5.41, 5.74) is -0.445. The van der Waals surface area contributed by atoms with Gasteiger partial charge in [-0.3, -0.25) is 9.36 Å². The molecule has 2 unspecified atom stereocenters. The largest absolute Gasteiger partial charge is 0.344 e. The van der Waals surface area contributed by atoms with Crippen LogP contribution in [0, 0.1) is 0 Å². The molecule has 0 fully saturated rings. The SMILES string of the molecule is CCCCCCCCCCCCCCCCP(=O)(O)C(CCCC)CC(=O)Cl. The van der Waals surface area contributed by atoms with Gasteiger partial charge in [-0.25, -0.2) is 0 Å². The molecule has 3 nitrogen and oxygen atoms in total. The molecule has 0 aliphatic rings. The molecule has 5 heteroatoms. The van der Waals surface area contributed by atoms with E-state index in [1.807, 2.05) is 0 Å². The molecule has 0 bridgehead atoms. The van der Waals surface area contributed by atoms with E-state index in [0.717, 1.165) is 32.1 Å². The van der Waals surface area contributed by atoms with Gasteiger partial charge in [0.2, 0.25) is 12.6 Å². The molecular formula is C23H46ClO3P. The number of unbranched alkanes of at least 4 members (excludes halogenated alkanes) is 14. The lowest BCUT2D eigenvalue weighted by molar-refractivity contribution is -0.111. The van der Waals surface area contributed by atoms with Crippen molar-refractivity contribution in [3.05, 3.63) is 0 Å². The molecule has 0 aromatic heterocycles. The highest BCUT2D eigenvalue weighted by Crippen LogP contribution is 2.50. The van der Waals surface area contributed by atoms with E-state index in [9.17, 15) is 14.3 Å². The van der Waals surface area contributed by atoms with Crippen molar-refractivity contribution in [2.75, 3.05) is 6.16 Å². The monoisotopic (exact) mass is 436 g/mol. The van der Waals surface area contributed by atoms with Gasteiger partial charge in [0.05, 0.1) is 0 Å². The number of carbonyl (C=O) groups is 1. The molecule has 0 aromatic rings. The Bertz CT molecular complexity index is 415. The van der Waals surface area contributed by atoms with Crippen molar-refractivity contribution < 1.29 is 14.3 Å². The number of hydrogen-bond acceptors (Lipinski definition) is 2. The summed E-state index contributed by atoms with van der Waals surface area (Å²) in [4.78, 5) is 21.6. The summed E-state index contributed by atoms with van der Waals surface area (Å²) in [6, 6.07) is 0. The van der Waals surface area contributed by atoms with Crippen molar-refractivity contribution >= 4 is 24.2 Å². The highest BCUT2D eigenvalue weighted by Gasteiger charge is 2.31. The predicted molar refractivity (Wildman–Crippen MR) is 124 cm³/mol. The van der Waals surface area contributed by atoms with Gasteiger partial charge in [0.1, 0.15) is 0 Å². The normalized spacial score (nSPS) is 14.7. The Morgan fingerprint density at radius 3 is 1.54 bits per heavy atom. The molecule has 0 heterocycles. The van der Waals surface area contributed by atoms with Gasteiger partial charge in [0, 0.05) is 18.2 Å². The van der Waals surface area contributed by atoms with E-state index in [1.54, 1.807) is 0 Å². The molecule has 0 rings (SSSR count). The summed E-state index contributed by atoms with van der Waals surface area (Å²) in [7, 11) is -3.28. The molecule has 0 radical (unpaired) electrons. The first-order chi connectivity index (χ1) is 13.4. The molecular weight excluding hydrogens is 391 g/mol. The smallest absolute Gasteiger partial charge is 0.222 e. The summed E-state index contributed by atoms with van der Waals surface area (Å²) >= 11 is 5.48. The number of rotatable bonds is 21. The Morgan fingerprint density at radius 2 is 1.14 bits per heavy atom. The number of hydrogen-bond donors (Lipinski definition) is 1. The summed E-state index contributed by atoms with van der Waals surface area (Å²) < 4.78 is 12.6. The predicted octanol–water partition coefficient (Wildman–Crippen LogP) is 8.45. The summed E-state index contributed by atoms with van der Waals surface area (Å²) in [6.45, 7) is 4.31. The standard InChI is InChI=1S/C23H46ClO3P/c1-3-5-7-8-9-10-11-12-13-14-15-16-17-18-20-28(26,27)22(19-6-4-2)21-23(24)25/h22H,3-21H2,1-2H3,(H,26,27). The first kappa shape index (κ1) is 28.1. The zero-order chi connectivity index (χ0) is 21.1. The van der Waals surface area contributed by atoms with Gasteiger partial charge in [-0.2, -0.15) is 0 Å². The first-order valence-corrected chi connectivity index (χ1v) is 14.2. The Kier molecular flexibility index (Phi) is 19.2. The highest BCUT2D eigenvalue weighted by atomic mass is 35.5. The molecule has 0 aromatic carbocycles. The number of halogens is 1. The fourth-order valence-electron chi connectivity index (χ4n) is 3.79. The molecule has 0 aliphatic carbocycles. The summed E-state index contributed by atoms with van der Waals surface area (Å²) in [5, 5.41) is -0.490. The van der Waals surface area contributed by atoms with Gasteiger partial charge in [0.15, 0.2) is 0 Å². The quantitative estimate of drug-likeness (QED) is 0.111. The zero-order valence-electron chi connectivity index (χ0n) is 18.6.